The van der Waals surface area contributed by atoms with Gasteiger partial charge in [0.15, 0.2) is 0 Å². The van der Waals surface area contributed by atoms with Gasteiger partial charge in [0.2, 0.25) is 10.0 Å². The molecular weight excluding hydrogens is 356 g/mol. The number of nitrogens with one attached hydrogen (secondary N) is 1. The minimum absolute atomic E-state index is 0.111. The van der Waals surface area contributed by atoms with Crippen LogP contribution in [0.2, 0.25) is 0 Å². The molecule has 0 bridgehead atoms. The number of thiophene rings is 1. The Balaban J connectivity index is 2.17. The lowest BCUT2D eigenvalue weighted by atomic mass is 10.2. The van der Waals surface area contributed by atoms with Crippen LogP contribution in [0, 0.1) is 0 Å². The van der Waals surface area contributed by atoms with Gasteiger partial charge < -0.3 is 4.90 Å². The van der Waals surface area contributed by atoms with E-state index >= 15 is 0 Å². The summed E-state index contributed by atoms with van der Waals surface area (Å²) in [4.78, 5) is 15.5. The van der Waals surface area contributed by atoms with Gasteiger partial charge in [0.05, 0.1) is 11.4 Å². The average molecular weight is 377 g/mol. The molecule has 1 aromatic heterocycles. The third-order valence-electron chi connectivity index (χ3n) is 3.39. The highest BCUT2D eigenvalue weighted by molar-refractivity contribution is 7.89. The molecule has 0 fully saturated rings. The van der Waals surface area contributed by atoms with Crippen LogP contribution in [0.1, 0.15) is 15.2 Å². The second-order valence-electron chi connectivity index (χ2n) is 5.22. The number of benzene rings is 1. The Morgan fingerprint density at radius 2 is 1.88 bits per heavy atom. The van der Waals surface area contributed by atoms with E-state index in [9.17, 15) is 13.2 Å². The van der Waals surface area contributed by atoms with Crippen molar-refractivity contribution in [3.63, 3.8) is 0 Å². The van der Waals surface area contributed by atoms with Crippen molar-refractivity contribution in [3.8, 4) is 0 Å². The van der Waals surface area contributed by atoms with Gasteiger partial charge in [0.1, 0.15) is 0 Å². The largest absolute Gasteiger partial charge is 0.330 e. The maximum atomic E-state index is 12.7. The van der Waals surface area contributed by atoms with E-state index in [1.165, 1.54) is 30.3 Å². The number of carbonyl (C=O) groups is 1. The van der Waals surface area contributed by atoms with Crippen molar-refractivity contribution in [2.75, 3.05) is 13.1 Å². The summed E-state index contributed by atoms with van der Waals surface area (Å²) < 4.78 is 26.5. The first-order valence-corrected chi connectivity index (χ1v) is 9.97. The van der Waals surface area contributed by atoms with Crippen LogP contribution in [0.4, 0.5) is 0 Å². The van der Waals surface area contributed by atoms with Crippen LogP contribution in [0.25, 0.3) is 0 Å². The van der Waals surface area contributed by atoms with Crippen molar-refractivity contribution < 1.29 is 13.2 Å². The van der Waals surface area contributed by atoms with Crippen molar-refractivity contribution in [1.29, 1.82) is 0 Å². The van der Waals surface area contributed by atoms with E-state index in [0.29, 0.717) is 18.7 Å². The molecule has 0 unspecified atom stereocenters. The topological polar surface area (TPSA) is 66.5 Å². The highest BCUT2D eigenvalue weighted by atomic mass is 32.2. The molecule has 0 saturated heterocycles. The molecule has 1 N–H and O–H groups in total. The standard InChI is InChI=1S/C18H20N2O3S2/c1-3-11-19-25(22,23)17-9-7-15(8-10-17)18(21)20(12-4-2)14-16-6-5-13-24-16/h3-10,13,19H,1-2,11-12,14H2. The molecular formula is C18H20N2O3S2. The van der Waals surface area contributed by atoms with Crippen molar-refractivity contribution in [2.45, 2.75) is 11.4 Å². The number of hydrogen-bond acceptors (Lipinski definition) is 4. The fraction of sp³-hybridized carbons (Fsp3) is 0.167. The monoisotopic (exact) mass is 376 g/mol. The van der Waals surface area contributed by atoms with Gasteiger partial charge in [-0.3, -0.25) is 4.79 Å². The number of carbonyl (C=O) groups excluding carboxylic acids is 1. The number of hydrogen-bond donors (Lipinski definition) is 1. The zero-order valence-corrected chi connectivity index (χ0v) is 15.4. The molecule has 1 aromatic carbocycles. The lowest BCUT2D eigenvalue weighted by Gasteiger charge is -2.20. The van der Waals surface area contributed by atoms with Crippen molar-refractivity contribution in [1.82, 2.24) is 9.62 Å². The van der Waals surface area contributed by atoms with Crippen LogP contribution < -0.4 is 4.72 Å². The Morgan fingerprint density at radius 1 is 1.16 bits per heavy atom. The average Bonchev–Trinajstić information content (AvgIpc) is 3.12. The fourth-order valence-corrected chi connectivity index (χ4v) is 3.89. The van der Waals surface area contributed by atoms with Crippen LogP contribution in [0.15, 0.2) is 72.0 Å². The Labute approximate surface area is 152 Å². The molecule has 2 aromatic rings. The van der Waals surface area contributed by atoms with E-state index in [4.69, 9.17) is 0 Å². The highest BCUT2D eigenvalue weighted by Gasteiger charge is 2.18. The summed E-state index contributed by atoms with van der Waals surface area (Å²) in [5.41, 5.74) is 0.432. The predicted molar refractivity (Wildman–Crippen MR) is 101 cm³/mol. The van der Waals surface area contributed by atoms with E-state index < -0.39 is 10.0 Å². The lowest BCUT2D eigenvalue weighted by molar-refractivity contribution is 0.0764. The SMILES string of the molecule is C=CCNS(=O)(=O)c1ccc(C(=O)N(CC=C)Cc2cccs2)cc1. The molecule has 0 aliphatic rings. The quantitative estimate of drug-likeness (QED) is 0.684. The number of sulfonamides is 1. The van der Waals surface area contributed by atoms with Gasteiger partial charge in [-0.1, -0.05) is 18.2 Å². The van der Waals surface area contributed by atoms with Crippen LogP contribution in [-0.4, -0.2) is 32.3 Å². The third kappa shape index (κ3) is 5.12. The van der Waals surface area contributed by atoms with Gasteiger partial charge >= 0.3 is 0 Å². The summed E-state index contributed by atoms with van der Waals surface area (Å²) >= 11 is 1.58. The van der Waals surface area contributed by atoms with Crippen LogP contribution >= 0.6 is 11.3 Å². The van der Waals surface area contributed by atoms with Gasteiger partial charge in [0.25, 0.3) is 5.91 Å². The predicted octanol–water partition coefficient (Wildman–Crippen LogP) is 3.04. The molecule has 25 heavy (non-hydrogen) atoms. The molecule has 0 saturated carbocycles. The summed E-state index contributed by atoms with van der Waals surface area (Å²) in [6, 6.07) is 9.80. The van der Waals surface area contributed by atoms with E-state index in [1.807, 2.05) is 17.5 Å². The molecule has 7 heteroatoms. The fourth-order valence-electron chi connectivity index (χ4n) is 2.18. The van der Waals surface area contributed by atoms with E-state index in [-0.39, 0.29) is 17.3 Å². The van der Waals surface area contributed by atoms with Gasteiger partial charge in [0, 0.05) is 23.5 Å². The maximum absolute atomic E-state index is 12.7. The smallest absolute Gasteiger partial charge is 0.254 e. The summed E-state index contributed by atoms with van der Waals surface area (Å²) in [7, 11) is -3.60. The Hall–Kier alpha value is -2.22. The Kier molecular flexibility index (Phi) is 6.69. The molecule has 0 spiro atoms. The van der Waals surface area contributed by atoms with Crippen molar-refractivity contribution >= 4 is 27.3 Å². The first-order valence-electron chi connectivity index (χ1n) is 7.61. The summed E-state index contributed by atoms with van der Waals surface area (Å²) in [6.45, 7) is 8.23. The maximum Gasteiger partial charge on any atom is 0.254 e. The van der Waals surface area contributed by atoms with Crippen molar-refractivity contribution in [2.24, 2.45) is 0 Å². The van der Waals surface area contributed by atoms with Crippen molar-refractivity contribution in [3.05, 3.63) is 77.5 Å². The molecule has 0 aliphatic heterocycles. The molecule has 1 heterocycles. The van der Waals surface area contributed by atoms with E-state index in [0.717, 1.165) is 4.88 Å². The first-order chi connectivity index (χ1) is 12.0. The minimum Gasteiger partial charge on any atom is -0.330 e. The molecule has 1 amide bonds. The number of nitrogens with zero attached hydrogens (tertiary/aromatic N) is 1. The molecule has 0 radical (unpaired) electrons. The number of rotatable bonds is 9. The van der Waals surface area contributed by atoms with Gasteiger partial charge in [-0.25, -0.2) is 13.1 Å². The van der Waals surface area contributed by atoms with E-state index in [1.54, 1.807) is 22.3 Å². The lowest BCUT2D eigenvalue weighted by Crippen LogP contribution is -2.30. The summed E-state index contributed by atoms with van der Waals surface area (Å²) in [5, 5.41) is 1.96. The second kappa shape index (κ2) is 8.75. The zero-order chi connectivity index (χ0) is 18.3. The van der Waals surface area contributed by atoms with Crippen LogP contribution in [0.3, 0.4) is 0 Å². The Morgan fingerprint density at radius 3 is 2.44 bits per heavy atom. The minimum atomic E-state index is -3.60. The van der Waals surface area contributed by atoms with Crippen LogP contribution in [-0.2, 0) is 16.6 Å². The summed E-state index contributed by atoms with van der Waals surface area (Å²) in [6.07, 6.45) is 3.14. The molecule has 5 nitrogen and oxygen atoms in total. The molecule has 132 valence electrons. The van der Waals surface area contributed by atoms with Gasteiger partial charge in [-0.2, -0.15) is 0 Å². The molecule has 0 aliphatic carbocycles. The third-order valence-corrected chi connectivity index (χ3v) is 5.69. The summed E-state index contributed by atoms with van der Waals surface area (Å²) in [5.74, 6) is -0.170. The second-order valence-corrected chi connectivity index (χ2v) is 8.02. The van der Waals surface area contributed by atoms with E-state index in [2.05, 4.69) is 17.9 Å². The van der Waals surface area contributed by atoms with Crippen LogP contribution in [0.5, 0.6) is 0 Å². The Bertz CT molecular complexity index is 826. The molecule has 0 atom stereocenters. The van der Waals surface area contributed by atoms with Gasteiger partial charge in [-0.05, 0) is 35.7 Å². The highest BCUT2D eigenvalue weighted by Crippen LogP contribution is 2.16. The number of amides is 1. The first kappa shape index (κ1) is 19.1. The normalized spacial score (nSPS) is 11.0. The molecule has 2 rings (SSSR count). The van der Waals surface area contributed by atoms with Gasteiger partial charge in [-0.15, -0.1) is 24.5 Å². The zero-order valence-electron chi connectivity index (χ0n) is 13.7.